The smallest absolute Gasteiger partial charge is 0.118 e. The summed E-state index contributed by atoms with van der Waals surface area (Å²) in [6, 6.07) is 20.1. The zero-order valence-electron chi connectivity index (χ0n) is 14.1. The first-order valence-corrected chi connectivity index (χ1v) is 8.86. The van der Waals surface area contributed by atoms with Gasteiger partial charge in [-0.05, 0) is 42.5 Å². The van der Waals surface area contributed by atoms with Crippen molar-refractivity contribution in [2.75, 3.05) is 7.11 Å². The minimum atomic E-state index is -0.157. The number of methoxy groups -OCH3 is 1. The van der Waals surface area contributed by atoms with Crippen molar-refractivity contribution in [3.63, 3.8) is 0 Å². The van der Waals surface area contributed by atoms with Gasteiger partial charge in [0.05, 0.1) is 13.2 Å². The molecule has 2 aromatic rings. The molecule has 0 aromatic heterocycles. The van der Waals surface area contributed by atoms with Crippen molar-refractivity contribution >= 4 is 0 Å². The minimum absolute atomic E-state index is 0.157. The maximum atomic E-state index is 10.3. The standard InChI is InChI=1S/C21H25NO2/c1-24-19-9-7-16(8-10-19)20-12-17-11-18(23)13-21(20)22(17)14-15-5-3-2-4-6-15/h2-10,17-18,20-21,23H,11-14H2,1H3/t17-,18-,20+,21+/m0/s1. The molecule has 1 N–H and O–H groups in total. The van der Waals surface area contributed by atoms with Crippen LogP contribution in [-0.2, 0) is 6.54 Å². The fraction of sp³-hybridized carbons (Fsp3) is 0.429. The molecule has 0 radical (unpaired) electrons. The quantitative estimate of drug-likeness (QED) is 0.933. The first kappa shape index (κ1) is 15.7. The van der Waals surface area contributed by atoms with E-state index in [1.54, 1.807) is 7.11 Å². The number of ether oxygens (including phenoxy) is 1. The average molecular weight is 323 g/mol. The molecule has 2 saturated heterocycles. The van der Waals surface area contributed by atoms with Gasteiger partial charge < -0.3 is 9.84 Å². The van der Waals surface area contributed by atoms with E-state index < -0.39 is 0 Å². The van der Waals surface area contributed by atoms with E-state index in [1.165, 1.54) is 11.1 Å². The van der Waals surface area contributed by atoms with Crippen LogP contribution in [0.25, 0.3) is 0 Å². The molecule has 0 saturated carbocycles. The Hall–Kier alpha value is -1.84. The van der Waals surface area contributed by atoms with E-state index in [0.29, 0.717) is 18.0 Å². The van der Waals surface area contributed by atoms with Crippen molar-refractivity contribution in [3.05, 3.63) is 65.7 Å². The summed E-state index contributed by atoms with van der Waals surface area (Å²) in [4.78, 5) is 2.62. The minimum Gasteiger partial charge on any atom is -0.497 e. The van der Waals surface area contributed by atoms with Crippen molar-refractivity contribution in [2.45, 2.75) is 49.9 Å². The van der Waals surface area contributed by atoms with Crippen molar-refractivity contribution in [2.24, 2.45) is 0 Å². The number of benzene rings is 2. The second-order valence-electron chi connectivity index (χ2n) is 7.12. The van der Waals surface area contributed by atoms with E-state index in [2.05, 4.69) is 59.5 Å². The molecule has 0 spiro atoms. The van der Waals surface area contributed by atoms with Crippen LogP contribution in [0.2, 0.25) is 0 Å². The Balaban J connectivity index is 1.58. The summed E-state index contributed by atoms with van der Waals surface area (Å²) in [7, 11) is 1.70. The highest BCUT2D eigenvalue weighted by molar-refractivity contribution is 5.32. The molecule has 3 nitrogen and oxygen atoms in total. The van der Waals surface area contributed by atoms with E-state index in [0.717, 1.165) is 31.6 Å². The number of aliphatic hydroxyl groups is 1. The molecular weight excluding hydrogens is 298 g/mol. The first-order valence-electron chi connectivity index (χ1n) is 8.86. The number of rotatable bonds is 4. The van der Waals surface area contributed by atoms with Gasteiger partial charge in [-0.3, -0.25) is 4.90 Å². The van der Waals surface area contributed by atoms with Crippen molar-refractivity contribution in [1.29, 1.82) is 0 Å². The van der Waals surface area contributed by atoms with Crippen LogP contribution in [0.3, 0.4) is 0 Å². The first-order chi connectivity index (χ1) is 11.7. The van der Waals surface area contributed by atoms with Gasteiger partial charge in [0, 0.05) is 24.5 Å². The lowest BCUT2D eigenvalue weighted by Gasteiger charge is -2.38. The second kappa shape index (κ2) is 6.58. The lowest BCUT2D eigenvalue weighted by Crippen LogP contribution is -2.45. The van der Waals surface area contributed by atoms with Gasteiger partial charge in [0.2, 0.25) is 0 Å². The SMILES string of the molecule is COc1ccc([C@H]2C[C@@H]3C[C@H](O)C[C@H]2N3Cc2ccccc2)cc1. The van der Waals surface area contributed by atoms with Crippen LogP contribution < -0.4 is 4.74 Å². The van der Waals surface area contributed by atoms with Gasteiger partial charge in [-0.2, -0.15) is 0 Å². The Morgan fingerprint density at radius 3 is 2.46 bits per heavy atom. The Kier molecular flexibility index (Phi) is 4.30. The fourth-order valence-corrected chi connectivity index (χ4v) is 4.56. The average Bonchev–Trinajstić information content (AvgIpc) is 2.82. The summed E-state index contributed by atoms with van der Waals surface area (Å²) in [5.74, 6) is 1.41. The zero-order valence-corrected chi connectivity index (χ0v) is 14.1. The summed E-state index contributed by atoms with van der Waals surface area (Å²) >= 11 is 0. The lowest BCUT2D eigenvalue weighted by molar-refractivity contribution is 0.0287. The highest BCUT2D eigenvalue weighted by Crippen LogP contribution is 2.45. The predicted molar refractivity (Wildman–Crippen MR) is 95.2 cm³/mol. The van der Waals surface area contributed by atoms with E-state index in [9.17, 15) is 5.11 Å². The Labute approximate surface area is 143 Å². The molecule has 2 fully saturated rings. The van der Waals surface area contributed by atoms with Crippen molar-refractivity contribution in [1.82, 2.24) is 4.90 Å². The van der Waals surface area contributed by atoms with Crippen molar-refractivity contribution < 1.29 is 9.84 Å². The Morgan fingerprint density at radius 1 is 1.00 bits per heavy atom. The summed E-state index contributed by atoms with van der Waals surface area (Å²) in [6.45, 7) is 0.982. The highest BCUT2D eigenvalue weighted by Gasteiger charge is 2.46. The molecule has 2 aliphatic heterocycles. The van der Waals surface area contributed by atoms with Gasteiger partial charge in [0.1, 0.15) is 5.75 Å². The monoisotopic (exact) mass is 323 g/mol. The lowest BCUT2D eigenvalue weighted by atomic mass is 9.89. The summed E-state index contributed by atoms with van der Waals surface area (Å²) in [5.41, 5.74) is 2.73. The predicted octanol–water partition coefficient (Wildman–Crippen LogP) is 3.58. The number of piperidine rings is 1. The number of hydrogen-bond donors (Lipinski definition) is 1. The Morgan fingerprint density at radius 2 is 1.75 bits per heavy atom. The van der Waals surface area contributed by atoms with Gasteiger partial charge in [-0.1, -0.05) is 42.5 Å². The molecule has 2 bridgehead atoms. The Bertz CT molecular complexity index is 670. The second-order valence-corrected chi connectivity index (χ2v) is 7.12. The molecule has 126 valence electrons. The molecule has 2 aliphatic rings. The molecule has 24 heavy (non-hydrogen) atoms. The summed E-state index contributed by atoms with van der Waals surface area (Å²) in [5, 5.41) is 10.3. The molecule has 0 aliphatic carbocycles. The van der Waals surface area contributed by atoms with Gasteiger partial charge in [-0.15, -0.1) is 0 Å². The van der Waals surface area contributed by atoms with Crippen LogP contribution in [0.5, 0.6) is 5.75 Å². The summed E-state index contributed by atoms with van der Waals surface area (Å²) in [6.07, 6.45) is 2.76. The van der Waals surface area contributed by atoms with Crippen LogP contribution >= 0.6 is 0 Å². The van der Waals surface area contributed by atoms with Gasteiger partial charge >= 0.3 is 0 Å². The van der Waals surface area contributed by atoms with Gasteiger partial charge in [0.15, 0.2) is 0 Å². The molecule has 2 heterocycles. The van der Waals surface area contributed by atoms with Crippen LogP contribution in [0.15, 0.2) is 54.6 Å². The van der Waals surface area contributed by atoms with E-state index >= 15 is 0 Å². The number of nitrogens with zero attached hydrogens (tertiary/aromatic N) is 1. The third-order valence-corrected chi connectivity index (χ3v) is 5.70. The van der Waals surface area contributed by atoms with E-state index in [1.807, 2.05) is 0 Å². The fourth-order valence-electron chi connectivity index (χ4n) is 4.56. The number of aliphatic hydroxyl groups excluding tert-OH is 1. The number of hydrogen-bond acceptors (Lipinski definition) is 3. The normalized spacial score (nSPS) is 29.6. The molecule has 3 heteroatoms. The van der Waals surface area contributed by atoms with Crippen LogP contribution in [0.4, 0.5) is 0 Å². The maximum Gasteiger partial charge on any atom is 0.118 e. The number of fused-ring (bicyclic) bond motifs is 2. The largest absolute Gasteiger partial charge is 0.497 e. The molecule has 0 amide bonds. The van der Waals surface area contributed by atoms with Crippen LogP contribution in [0.1, 0.15) is 36.3 Å². The molecule has 4 rings (SSSR count). The molecular formula is C21H25NO2. The maximum absolute atomic E-state index is 10.3. The molecule has 2 aromatic carbocycles. The zero-order chi connectivity index (χ0) is 16.5. The third-order valence-electron chi connectivity index (χ3n) is 5.70. The summed E-state index contributed by atoms with van der Waals surface area (Å²) < 4.78 is 5.29. The van der Waals surface area contributed by atoms with Gasteiger partial charge in [-0.25, -0.2) is 0 Å². The van der Waals surface area contributed by atoms with E-state index in [4.69, 9.17) is 4.74 Å². The third kappa shape index (κ3) is 2.94. The van der Waals surface area contributed by atoms with Gasteiger partial charge in [0.25, 0.3) is 0 Å². The van der Waals surface area contributed by atoms with E-state index in [-0.39, 0.29) is 6.10 Å². The van der Waals surface area contributed by atoms with Crippen LogP contribution in [-0.4, -0.2) is 35.3 Å². The molecule has 4 atom stereocenters. The molecule has 0 unspecified atom stereocenters. The highest BCUT2D eigenvalue weighted by atomic mass is 16.5. The van der Waals surface area contributed by atoms with Crippen molar-refractivity contribution in [3.8, 4) is 5.75 Å². The topological polar surface area (TPSA) is 32.7 Å². The van der Waals surface area contributed by atoms with Crippen LogP contribution in [0, 0.1) is 0 Å².